The largest absolute Gasteiger partial charge is 0.388 e. The second-order valence-electron chi connectivity index (χ2n) is 3.54. The number of hydrogen-bond acceptors (Lipinski definition) is 5. The molecule has 0 saturated heterocycles. The molecule has 0 aliphatic carbocycles. The summed E-state index contributed by atoms with van der Waals surface area (Å²) in [5, 5.41) is 20.2. The normalized spacial score (nSPS) is 12.1. The number of non-ortho nitro benzene ring substituents is 1. The Hall–Kier alpha value is -1.40. The first kappa shape index (κ1) is 13.7. The van der Waals surface area contributed by atoms with E-state index in [1.807, 2.05) is 6.26 Å². The molecule has 5 nitrogen and oxygen atoms in total. The fourth-order valence-electron chi connectivity index (χ4n) is 1.37. The number of hydrogen-bond donors (Lipinski definition) is 1. The van der Waals surface area contributed by atoms with Gasteiger partial charge in [0, 0.05) is 18.6 Å². The van der Waals surface area contributed by atoms with Gasteiger partial charge in [0.15, 0.2) is 0 Å². The molecule has 1 atom stereocenters. The number of nitro groups is 1. The van der Waals surface area contributed by atoms with Gasteiger partial charge in [0.2, 0.25) is 0 Å². The third-order valence-corrected chi connectivity index (χ3v) is 2.83. The van der Waals surface area contributed by atoms with E-state index in [4.69, 9.17) is 0 Å². The van der Waals surface area contributed by atoms with Gasteiger partial charge in [0.1, 0.15) is 5.78 Å². The summed E-state index contributed by atoms with van der Waals surface area (Å²) < 4.78 is 0. The predicted molar refractivity (Wildman–Crippen MR) is 66.1 cm³/mol. The van der Waals surface area contributed by atoms with Crippen molar-refractivity contribution in [3.05, 3.63) is 39.9 Å². The van der Waals surface area contributed by atoms with E-state index >= 15 is 0 Å². The van der Waals surface area contributed by atoms with Gasteiger partial charge in [-0.05, 0) is 24.0 Å². The van der Waals surface area contributed by atoms with Crippen LogP contribution in [-0.2, 0) is 4.79 Å². The van der Waals surface area contributed by atoms with Crippen LogP contribution >= 0.6 is 11.8 Å². The molecule has 0 fully saturated rings. The lowest BCUT2D eigenvalue weighted by atomic mass is 10.0. The first-order chi connectivity index (χ1) is 8.04. The number of aliphatic hydroxyl groups is 1. The maximum absolute atomic E-state index is 11.3. The zero-order chi connectivity index (χ0) is 12.8. The van der Waals surface area contributed by atoms with Crippen LogP contribution in [0.3, 0.4) is 0 Å². The molecule has 92 valence electrons. The average Bonchev–Trinajstić information content (AvgIpc) is 2.29. The molecule has 0 amide bonds. The number of nitro benzene ring substituents is 1. The van der Waals surface area contributed by atoms with E-state index in [2.05, 4.69) is 0 Å². The Kier molecular flexibility index (Phi) is 5.11. The molecule has 1 N–H and O–H groups in total. The Morgan fingerprint density at radius 1 is 1.47 bits per heavy atom. The second-order valence-corrected chi connectivity index (χ2v) is 4.41. The minimum Gasteiger partial charge on any atom is -0.388 e. The number of aliphatic hydroxyl groups excluding tert-OH is 1. The Labute approximate surface area is 103 Å². The maximum Gasteiger partial charge on any atom is 0.269 e. The average molecular weight is 255 g/mol. The number of carbonyl (C=O) groups excluding carboxylic acids is 1. The summed E-state index contributed by atoms with van der Waals surface area (Å²) in [4.78, 5) is 21.2. The van der Waals surface area contributed by atoms with Crippen molar-refractivity contribution in [1.82, 2.24) is 0 Å². The molecule has 6 heteroatoms. The van der Waals surface area contributed by atoms with Crippen LogP contribution < -0.4 is 0 Å². The van der Waals surface area contributed by atoms with E-state index in [1.54, 1.807) is 0 Å². The molecular weight excluding hydrogens is 242 g/mol. The lowest BCUT2D eigenvalue weighted by molar-refractivity contribution is -0.384. The Morgan fingerprint density at radius 3 is 2.53 bits per heavy atom. The molecular formula is C11H13NO4S. The van der Waals surface area contributed by atoms with Gasteiger partial charge >= 0.3 is 0 Å². The third-order valence-electron chi connectivity index (χ3n) is 2.22. The molecule has 0 saturated carbocycles. The van der Waals surface area contributed by atoms with E-state index in [1.165, 1.54) is 36.0 Å². The lowest BCUT2D eigenvalue weighted by Gasteiger charge is -2.09. The van der Waals surface area contributed by atoms with Gasteiger partial charge in [0.05, 0.1) is 16.8 Å². The van der Waals surface area contributed by atoms with Gasteiger partial charge in [-0.1, -0.05) is 0 Å². The topological polar surface area (TPSA) is 80.4 Å². The van der Waals surface area contributed by atoms with Crippen LogP contribution in [-0.4, -0.2) is 27.8 Å². The third kappa shape index (κ3) is 4.16. The van der Waals surface area contributed by atoms with Crippen molar-refractivity contribution in [2.45, 2.75) is 12.5 Å². The van der Waals surface area contributed by atoms with Crippen molar-refractivity contribution in [3.63, 3.8) is 0 Å². The Bertz CT molecular complexity index is 404. The van der Waals surface area contributed by atoms with Crippen molar-refractivity contribution >= 4 is 23.2 Å². The fraction of sp³-hybridized carbons (Fsp3) is 0.364. The first-order valence-corrected chi connectivity index (χ1v) is 6.37. The van der Waals surface area contributed by atoms with Crippen LogP contribution in [0.4, 0.5) is 5.69 Å². The first-order valence-electron chi connectivity index (χ1n) is 4.97. The van der Waals surface area contributed by atoms with E-state index in [9.17, 15) is 20.0 Å². The second kappa shape index (κ2) is 6.36. The minimum atomic E-state index is -0.893. The van der Waals surface area contributed by atoms with E-state index < -0.39 is 11.0 Å². The number of benzene rings is 1. The molecule has 0 bridgehead atoms. The smallest absolute Gasteiger partial charge is 0.269 e. The van der Waals surface area contributed by atoms with Crippen LogP contribution in [0.1, 0.15) is 18.1 Å². The lowest BCUT2D eigenvalue weighted by Crippen LogP contribution is -2.08. The van der Waals surface area contributed by atoms with Crippen LogP contribution in [0.25, 0.3) is 0 Å². The molecule has 17 heavy (non-hydrogen) atoms. The molecule has 0 aliphatic heterocycles. The molecule has 1 rings (SSSR count). The quantitative estimate of drug-likeness (QED) is 0.620. The number of rotatable bonds is 6. The van der Waals surface area contributed by atoms with Crippen LogP contribution in [0.2, 0.25) is 0 Å². The minimum absolute atomic E-state index is 0.0311. The fourth-order valence-corrected chi connectivity index (χ4v) is 1.81. The van der Waals surface area contributed by atoms with Gasteiger partial charge in [-0.25, -0.2) is 0 Å². The summed E-state index contributed by atoms with van der Waals surface area (Å²) in [5.74, 6) is 0.327. The van der Waals surface area contributed by atoms with Crippen molar-refractivity contribution in [3.8, 4) is 0 Å². The maximum atomic E-state index is 11.3. The molecule has 1 aromatic rings. The molecule has 1 aromatic carbocycles. The zero-order valence-corrected chi connectivity index (χ0v) is 10.1. The van der Waals surface area contributed by atoms with Crippen molar-refractivity contribution < 1.29 is 14.8 Å². The van der Waals surface area contributed by atoms with Crippen molar-refractivity contribution in [1.29, 1.82) is 0 Å². The predicted octanol–water partition coefficient (Wildman–Crippen LogP) is 1.95. The van der Waals surface area contributed by atoms with Gasteiger partial charge < -0.3 is 5.11 Å². The van der Waals surface area contributed by atoms with Gasteiger partial charge in [0.25, 0.3) is 5.69 Å². The summed E-state index contributed by atoms with van der Waals surface area (Å²) in [6.07, 6.45) is 0.963. The summed E-state index contributed by atoms with van der Waals surface area (Å²) in [6, 6.07) is 5.57. The molecule has 0 radical (unpaired) electrons. The molecule has 0 unspecified atom stereocenters. The molecule has 0 spiro atoms. The standard InChI is InChI=1S/C11H13NO4S/c1-17-7-10(13)6-11(14)8-2-4-9(5-3-8)12(15)16/h2-5,11,14H,6-7H2,1H3/t11-/m0/s1. The van der Waals surface area contributed by atoms with Gasteiger partial charge in [-0.3, -0.25) is 14.9 Å². The summed E-state index contributed by atoms with van der Waals surface area (Å²) in [5.41, 5.74) is 0.487. The van der Waals surface area contributed by atoms with Crippen LogP contribution in [0.15, 0.2) is 24.3 Å². The Balaban J connectivity index is 2.66. The SMILES string of the molecule is CSCC(=O)C[C@H](O)c1ccc([N+](=O)[O-])cc1. The van der Waals surface area contributed by atoms with Crippen LogP contribution in [0, 0.1) is 10.1 Å². The highest BCUT2D eigenvalue weighted by molar-refractivity contribution is 7.99. The number of carbonyl (C=O) groups is 1. The van der Waals surface area contributed by atoms with E-state index in [0.29, 0.717) is 11.3 Å². The summed E-state index contributed by atoms with van der Waals surface area (Å²) in [7, 11) is 0. The van der Waals surface area contributed by atoms with Crippen molar-refractivity contribution in [2.24, 2.45) is 0 Å². The Morgan fingerprint density at radius 2 is 2.06 bits per heavy atom. The van der Waals surface area contributed by atoms with Crippen LogP contribution in [0.5, 0.6) is 0 Å². The van der Waals surface area contributed by atoms with Gasteiger partial charge in [-0.15, -0.1) is 0 Å². The number of nitrogens with zero attached hydrogens (tertiary/aromatic N) is 1. The highest BCUT2D eigenvalue weighted by Crippen LogP contribution is 2.20. The monoisotopic (exact) mass is 255 g/mol. The highest BCUT2D eigenvalue weighted by Gasteiger charge is 2.14. The molecule has 0 aliphatic rings. The number of thioether (sulfide) groups is 1. The number of Topliss-reactive ketones (excluding diaryl/α,β-unsaturated/α-hetero) is 1. The molecule has 0 aromatic heterocycles. The number of ketones is 1. The summed E-state index contributed by atoms with van der Waals surface area (Å²) >= 11 is 1.40. The van der Waals surface area contributed by atoms with Gasteiger partial charge in [-0.2, -0.15) is 11.8 Å². The highest BCUT2D eigenvalue weighted by atomic mass is 32.2. The van der Waals surface area contributed by atoms with Crippen molar-refractivity contribution in [2.75, 3.05) is 12.0 Å². The summed E-state index contributed by atoms with van der Waals surface area (Å²) in [6.45, 7) is 0. The zero-order valence-electron chi connectivity index (χ0n) is 9.33. The van der Waals surface area contributed by atoms with E-state index in [0.717, 1.165) is 0 Å². The van der Waals surface area contributed by atoms with E-state index in [-0.39, 0.29) is 17.9 Å². The molecule has 0 heterocycles.